The van der Waals surface area contributed by atoms with Crippen molar-refractivity contribution in [1.82, 2.24) is 9.97 Å². The van der Waals surface area contributed by atoms with E-state index in [9.17, 15) is 51.9 Å². The van der Waals surface area contributed by atoms with Crippen LogP contribution in [0.25, 0.3) is 21.8 Å². The Morgan fingerprint density at radius 2 is 0.667 bits per heavy atom. The van der Waals surface area contributed by atoms with Gasteiger partial charge in [-0.15, -0.1) is 0 Å². The summed E-state index contributed by atoms with van der Waals surface area (Å²) in [4.78, 5) is 103. The van der Waals surface area contributed by atoms with Gasteiger partial charge in [0.1, 0.15) is 98.2 Å². The topological polar surface area (TPSA) is 261 Å². The van der Waals surface area contributed by atoms with Crippen LogP contribution >= 0.6 is 11.6 Å². The van der Waals surface area contributed by atoms with Crippen molar-refractivity contribution >= 4 is 85.5 Å². The quantitative estimate of drug-likeness (QED) is 0.0306. The molecule has 3 N–H and O–H groups in total. The van der Waals surface area contributed by atoms with E-state index in [4.69, 9.17) is 45.1 Å². The molecule has 9 aromatic carbocycles. The molecule has 2 aromatic heterocycles. The molecule has 0 saturated heterocycles. The Kier molecular flexibility index (Phi) is 53.2. The van der Waals surface area contributed by atoms with Crippen LogP contribution in [-0.2, 0) is 94.7 Å². The SMILES string of the molecule is CC(=O)CCCc1c[nH]c2ccccc12.CC(=O)CCCc1ccc(F)cc1.CC(=O)CCc1c[nH]c2ccccc12.CC(=O)CCc1ccc(Cl)cc1.CC(=O)CCc1ccc(F)cc1.COc1cc(OCCCC(C)=O)ccc1CO.COc1ccc(CCC(C)=O)cc1.COc1ccc(OCCC(C)=O)cc1.COc1cccc(CCC(C)=O)c1. The number of aliphatic hydroxyl groups excluding tert-OH is 1. The molecule has 123 heavy (non-hydrogen) atoms. The number of aromatic nitrogens is 2. The third-order valence-electron chi connectivity index (χ3n) is 18.3. The number of para-hydroxylation sites is 2. The molecule has 2 heterocycles. The monoisotopic (exact) mass is 1700 g/mol. The van der Waals surface area contributed by atoms with Gasteiger partial charge in [0.25, 0.3) is 0 Å². The van der Waals surface area contributed by atoms with E-state index in [1.54, 1.807) is 133 Å². The maximum atomic E-state index is 12.5. The number of aromatic amines is 2. The third kappa shape index (κ3) is 49.5. The molecule has 18 nitrogen and oxygen atoms in total. The molecule has 21 heteroatoms. The summed E-state index contributed by atoms with van der Waals surface area (Å²) in [6.45, 7) is 15.3. The molecule has 0 fully saturated rings. The highest BCUT2D eigenvalue weighted by atomic mass is 35.5. The normalized spacial score (nSPS) is 10.0. The number of hydrogen-bond donors (Lipinski definition) is 3. The van der Waals surface area contributed by atoms with Crippen LogP contribution in [0.15, 0.2) is 225 Å². The zero-order valence-corrected chi connectivity index (χ0v) is 74.4. The summed E-state index contributed by atoms with van der Waals surface area (Å²) in [5, 5.41) is 12.3. The predicted octanol–water partition coefficient (Wildman–Crippen LogP) is 22.1. The van der Waals surface area contributed by atoms with Gasteiger partial charge in [0.15, 0.2) is 0 Å². The molecular formula is C102H123ClF2N2O16. The van der Waals surface area contributed by atoms with Gasteiger partial charge in [-0.25, -0.2) is 8.78 Å². The number of nitrogens with one attached hydrogen (secondary N) is 2. The molecule has 0 unspecified atom stereocenters. The molecule has 658 valence electrons. The average molecular weight is 1710 g/mol. The minimum Gasteiger partial charge on any atom is -0.497 e. The molecular weight excluding hydrogens is 1580 g/mol. The van der Waals surface area contributed by atoms with E-state index in [-0.39, 0.29) is 70.3 Å². The highest BCUT2D eigenvalue weighted by Crippen LogP contribution is 2.26. The van der Waals surface area contributed by atoms with E-state index in [0.29, 0.717) is 95.3 Å². The maximum absolute atomic E-state index is 12.5. The Balaban J connectivity index is 0.000000358. The van der Waals surface area contributed by atoms with E-state index in [2.05, 4.69) is 28.2 Å². The lowest BCUT2D eigenvalue weighted by Crippen LogP contribution is -2.02. The van der Waals surface area contributed by atoms with Crippen molar-refractivity contribution < 1.29 is 85.5 Å². The number of fused-ring (bicyclic) bond motifs is 2. The Bertz CT molecular complexity index is 4860. The summed E-state index contributed by atoms with van der Waals surface area (Å²) in [5.41, 5.74) is 11.2. The minimum absolute atomic E-state index is 0.0617. The number of carbonyl (C=O) groups is 9. The number of hydrogen-bond acceptors (Lipinski definition) is 16. The highest BCUT2D eigenvalue weighted by Gasteiger charge is 2.09. The van der Waals surface area contributed by atoms with Crippen LogP contribution in [0.2, 0.25) is 5.02 Å². The molecule has 0 aliphatic carbocycles. The second-order valence-electron chi connectivity index (χ2n) is 29.2. The van der Waals surface area contributed by atoms with Crippen molar-refractivity contribution in [2.75, 3.05) is 41.7 Å². The van der Waals surface area contributed by atoms with Gasteiger partial charge in [-0.05, 0) is 275 Å². The van der Waals surface area contributed by atoms with Crippen LogP contribution in [0.5, 0.6) is 34.5 Å². The molecule has 0 aliphatic rings. The van der Waals surface area contributed by atoms with Gasteiger partial charge in [0.2, 0.25) is 0 Å². The summed E-state index contributed by atoms with van der Waals surface area (Å²) < 4.78 is 56.0. The number of benzene rings is 9. The van der Waals surface area contributed by atoms with Gasteiger partial charge >= 0.3 is 0 Å². The summed E-state index contributed by atoms with van der Waals surface area (Å²) in [7, 11) is 6.45. The van der Waals surface area contributed by atoms with Crippen molar-refractivity contribution in [2.24, 2.45) is 0 Å². The van der Waals surface area contributed by atoms with Crippen molar-refractivity contribution in [2.45, 2.75) is 191 Å². The number of halogens is 3. The lowest BCUT2D eigenvalue weighted by Gasteiger charge is -2.10. The first-order chi connectivity index (χ1) is 58.9. The smallest absolute Gasteiger partial charge is 0.133 e. The number of ketones is 9. The fourth-order valence-corrected chi connectivity index (χ4v) is 11.5. The molecule has 0 spiro atoms. The minimum atomic E-state index is -0.235. The van der Waals surface area contributed by atoms with E-state index < -0.39 is 0 Å². The number of aliphatic hydroxyl groups is 1. The Morgan fingerprint density at radius 1 is 0.309 bits per heavy atom. The predicted molar refractivity (Wildman–Crippen MR) is 487 cm³/mol. The van der Waals surface area contributed by atoms with E-state index in [1.807, 2.05) is 140 Å². The van der Waals surface area contributed by atoms with Crippen molar-refractivity contribution in [1.29, 1.82) is 0 Å². The molecule has 11 rings (SSSR count). The van der Waals surface area contributed by atoms with E-state index >= 15 is 0 Å². The molecule has 0 amide bonds. The third-order valence-corrected chi connectivity index (χ3v) is 18.6. The molecule has 0 saturated carbocycles. The van der Waals surface area contributed by atoms with E-state index in [0.717, 1.165) is 113 Å². The van der Waals surface area contributed by atoms with Crippen LogP contribution in [0.1, 0.15) is 184 Å². The molecule has 11 aromatic rings. The van der Waals surface area contributed by atoms with Gasteiger partial charge in [-0.2, -0.15) is 0 Å². The number of Topliss-reactive ketones (excluding diaryl/α,β-unsaturated/α-hetero) is 9. The summed E-state index contributed by atoms with van der Waals surface area (Å²) in [6, 6.07) is 64.8. The fraction of sp³-hybridized carbons (Fsp3) is 0.343. The lowest BCUT2D eigenvalue weighted by atomic mass is 10.1. The van der Waals surface area contributed by atoms with E-state index in [1.165, 1.54) is 57.2 Å². The van der Waals surface area contributed by atoms with Gasteiger partial charge in [0.05, 0.1) is 48.3 Å². The summed E-state index contributed by atoms with van der Waals surface area (Å²) >= 11 is 5.71. The molecule has 0 aliphatic heterocycles. The van der Waals surface area contributed by atoms with Crippen LogP contribution in [0.3, 0.4) is 0 Å². The summed E-state index contributed by atoms with van der Waals surface area (Å²) in [5.74, 6) is 5.98. The zero-order chi connectivity index (χ0) is 90.7. The van der Waals surface area contributed by atoms with Crippen molar-refractivity contribution in [3.05, 3.63) is 286 Å². The number of rotatable bonds is 37. The lowest BCUT2D eigenvalue weighted by molar-refractivity contribution is -0.118. The Labute approximate surface area is 729 Å². The molecule has 0 atom stereocenters. The van der Waals surface area contributed by atoms with Crippen LogP contribution in [0, 0.1) is 11.6 Å². The van der Waals surface area contributed by atoms with Crippen LogP contribution in [0.4, 0.5) is 8.78 Å². The largest absolute Gasteiger partial charge is 0.497 e. The van der Waals surface area contributed by atoms with Crippen LogP contribution < -0.4 is 28.4 Å². The number of aryl methyl sites for hydroxylation is 7. The van der Waals surface area contributed by atoms with Crippen molar-refractivity contribution in [3.8, 4) is 34.5 Å². The van der Waals surface area contributed by atoms with Gasteiger partial charge in [0, 0.05) is 109 Å². The Hall–Kier alpha value is -12.0. The molecule has 0 radical (unpaired) electrons. The number of ether oxygens (including phenoxy) is 6. The maximum Gasteiger partial charge on any atom is 0.133 e. The highest BCUT2D eigenvalue weighted by molar-refractivity contribution is 6.30. The van der Waals surface area contributed by atoms with Crippen LogP contribution in [-0.4, -0.2) is 109 Å². The fourth-order valence-electron chi connectivity index (χ4n) is 11.4. The number of H-pyrrole nitrogens is 2. The van der Waals surface area contributed by atoms with Gasteiger partial charge in [-0.3, -0.25) is 4.79 Å². The second kappa shape index (κ2) is 62.2. The zero-order valence-electron chi connectivity index (χ0n) is 73.6. The number of carbonyl (C=O) groups excluding carboxylic acids is 9. The second-order valence-corrected chi connectivity index (χ2v) is 29.6. The first kappa shape index (κ1) is 105. The number of methoxy groups -OCH3 is 4. The van der Waals surface area contributed by atoms with Crippen molar-refractivity contribution in [3.63, 3.8) is 0 Å². The first-order valence-corrected chi connectivity index (χ1v) is 41.5. The molecule has 0 bridgehead atoms. The summed E-state index contributed by atoms with van der Waals surface area (Å²) in [6.07, 6.45) is 17.6. The average Bonchev–Trinajstić information content (AvgIpc) is 1.73. The van der Waals surface area contributed by atoms with Gasteiger partial charge < -0.3 is 81.9 Å². The first-order valence-electron chi connectivity index (χ1n) is 41.1. The van der Waals surface area contributed by atoms with Gasteiger partial charge in [-0.1, -0.05) is 109 Å². The standard InChI is InChI=1S/C13H15NO.C13H18O4.C12H13NO.C11H13FO.C11H14O3.2C11H14O2.C10H11ClO.C10H11FO/c1-10(15)5-4-6-11-9-14-13-8-3-2-7-12(11)13;1-10(15)4-3-7-17-12-6-5-11(9-14)13(8-12)16-2;1-9(14)6-7-10-8-13-12-5-3-2-4-11(10)12;1-9(13)3-2-4-10-5-7-11(12)8-6-10;1-9(12)7-8-14-11-5-3-10(13-2)4-6-11;1-9(12)3-4-10-5-7-11(13-2)8-6-10;1-9(12)6-7-10-4-3-5-11(8-10)13-2;2*1-8(12)2-3-9-4-6-10(11)7-5-9/h2-3,7-9,14H,4-6H2,1H3;5-6,8,14H,3-4,7,9H2,1-2H3;2-5,8,13H,6-7H2,1H3;5-8H,2-4H2,1H3;3-6H,7-8H2,1-2H3;5-8H,3-4H2,1-2H3;3-5,8H,6-7H2,1-2H3;2*4-7H,2-3H2,1H3. The Morgan fingerprint density at radius 3 is 1.10 bits per heavy atom.